The molecule has 1 saturated carbocycles. The second-order valence-corrected chi connectivity index (χ2v) is 15.8. The summed E-state index contributed by atoms with van der Waals surface area (Å²) in [4.78, 5) is 65.4. The van der Waals surface area contributed by atoms with Gasteiger partial charge in [-0.2, -0.15) is 0 Å². The Labute approximate surface area is 282 Å². The number of Topliss-reactive ketones (excluding diaryl/α,β-unsaturated/α-hetero) is 2. The first-order chi connectivity index (χ1) is 21.9. The Hall–Kier alpha value is -3.47. The SMILES string of the molecule is CC(C(=O)[C@@H]1C[C@H](Oc2ccc(Cl)cn2)CN1C(=O)[C@H](NC(=O)NC(C)(C)C)C(C)(C)C)C(C)C(CC1CCC1)C(=O)c1ncco1. The highest BCUT2D eigenvalue weighted by molar-refractivity contribution is 6.30. The van der Waals surface area contributed by atoms with E-state index in [2.05, 4.69) is 20.6 Å². The minimum atomic E-state index is -0.932. The van der Waals surface area contributed by atoms with Gasteiger partial charge in [-0.15, -0.1) is 0 Å². The fourth-order valence-electron chi connectivity index (χ4n) is 6.38. The van der Waals surface area contributed by atoms with Crippen LogP contribution in [-0.4, -0.2) is 68.6 Å². The maximum Gasteiger partial charge on any atom is 0.315 e. The van der Waals surface area contributed by atoms with Crippen molar-refractivity contribution in [3.63, 3.8) is 0 Å². The number of hydrogen-bond donors (Lipinski definition) is 2. The van der Waals surface area contributed by atoms with Crippen molar-refractivity contribution in [3.05, 3.63) is 41.7 Å². The molecule has 0 radical (unpaired) electrons. The number of aromatic nitrogens is 2. The van der Waals surface area contributed by atoms with Crippen LogP contribution in [0.25, 0.3) is 0 Å². The zero-order chi connectivity index (χ0) is 34.7. The number of urea groups is 1. The lowest BCUT2D eigenvalue weighted by molar-refractivity contribution is -0.143. The van der Waals surface area contributed by atoms with Crippen molar-refractivity contribution in [2.75, 3.05) is 6.54 Å². The maximum atomic E-state index is 14.5. The van der Waals surface area contributed by atoms with Crippen molar-refractivity contribution in [2.45, 2.75) is 111 Å². The predicted molar refractivity (Wildman–Crippen MR) is 178 cm³/mol. The van der Waals surface area contributed by atoms with Crippen LogP contribution in [0, 0.1) is 29.1 Å². The van der Waals surface area contributed by atoms with Crippen molar-refractivity contribution in [3.8, 4) is 5.88 Å². The van der Waals surface area contributed by atoms with Crippen LogP contribution >= 0.6 is 11.6 Å². The molecule has 258 valence electrons. The number of carbonyl (C=O) groups is 4. The molecule has 11 nitrogen and oxygen atoms in total. The van der Waals surface area contributed by atoms with Crippen LogP contribution in [0.1, 0.15) is 98.2 Å². The molecule has 1 aliphatic carbocycles. The van der Waals surface area contributed by atoms with E-state index in [0.29, 0.717) is 23.2 Å². The molecule has 3 unspecified atom stereocenters. The number of hydrogen-bond acceptors (Lipinski definition) is 8. The van der Waals surface area contributed by atoms with Crippen LogP contribution in [0.4, 0.5) is 4.79 Å². The third-order valence-electron chi connectivity index (χ3n) is 9.40. The molecule has 2 N–H and O–H groups in total. The Bertz CT molecular complexity index is 1400. The lowest BCUT2D eigenvalue weighted by Gasteiger charge is -2.37. The molecule has 2 aromatic heterocycles. The van der Waals surface area contributed by atoms with Gasteiger partial charge in [0.15, 0.2) is 5.78 Å². The number of carbonyl (C=O) groups excluding carboxylic acids is 4. The maximum absolute atomic E-state index is 14.5. The fourth-order valence-corrected chi connectivity index (χ4v) is 6.50. The first-order valence-electron chi connectivity index (χ1n) is 16.6. The molecule has 2 fully saturated rings. The van der Waals surface area contributed by atoms with Gasteiger partial charge in [-0.3, -0.25) is 14.4 Å². The predicted octanol–water partition coefficient (Wildman–Crippen LogP) is 6.11. The van der Waals surface area contributed by atoms with Gasteiger partial charge in [-0.1, -0.05) is 65.5 Å². The molecular weight excluding hydrogens is 622 g/mol. The summed E-state index contributed by atoms with van der Waals surface area (Å²) in [5.74, 6) is -1.32. The van der Waals surface area contributed by atoms with E-state index < -0.39 is 47.0 Å². The summed E-state index contributed by atoms with van der Waals surface area (Å²) in [6.45, 7) is 15.1. The van der Waals surface area contributed by atoms with Gasteiger partial charge < -0.3 is 24.7 Å². The average molecular weight is 672 g/mol. The quantitative estimate of drug-likeness (QED) is 0.257. The minimum Gasteiger partial charge on any atom is -0.472 e. The molecular formula is C35H50ClN5O6. The number of pyridine rings is 1. The van der Waals surface area contributed by atoms with Crippen LogP contribution in [0.15, 0.2) is 35.2 Å². The number of rotatable bonds is 12. The van der Waals surface area contributed by atoms with Crippen molar-refractivity contribution in [2.24, 2.45) is 29.1 Å². The second-order valence-electron chi connectivity index (χ2n) is 15.3. The van der Waals surface area contributed by atoms with Crippen molar-refractivity contribution >= 4 is 35.1 Å². The molecule has 0 bridgehead atoms. The third-order valence-corrected chi connectivity index (χ3v) is 9.63. The van der Waals surface area contributed by atoms with Gasteiger partial charge in [0, 0.05) is 36.1 Å². The molecule has 2 aliphatic rings. The molecule has 6 atom stereocenters. The standard InChI is InChI=1S/C35H50ClN5O6/c1-20(25(16-22-10-9-11-22)29(43)31-37-14-15-46-31)21(2)28(42)26-17-24(47-27-13-12-23(36)18-38-27)19-41(26)32(44)30(34(3,4)5)39-33(45)40-35(6,7)8/h12-15,18,20-22,24-26,30H,9-11,16-17,19H2,1-8H3,(H2,39,40,45)/t20?,21?,24-,25?,26-,30-/m0/s1. The highest BCUT2D eigenvalue weighted by Gasteiger charge is 2.48. The number of ketones is 2. The molecule has 4 rings (SSSR count). The second kappa shape index (κ2) is 14.7. The first kappa shape index (κ1) is 36.4. The monoisotopic (exact) mass is 671 g/mol. The van der Waals surface area contributed by atoms with Gasteiger partial charge in [-0.25, -0.2) is 14.8 Å². The zero-order valence-electron chi connectivity index (χ0n) is 28.8. The van der Waals surface area contributed by atoms with Gasteiger partial charge in [0.25, 0.3) is 5.89 Å². The lowest BCUT2D eigenvalue weighted by atomic mass is 9.70. The Morgan fingerprint density at radius 2 is 1.79 bits per heavy atom. The number of oxazole rings is 1. The topological polar surface area (TPSA) is 144 Å². The largest absolute Gasteiger partial charge is 0.472 e. The summed E-state index contributed by atoms with van der Waals surface area (Å²) in [6.07, 6.45) is 7.90. The van der Waals surface area contributed by atoms with Crippen LogP contribution in [-0.2, 0) is 9.59 Å². The number of nitrogens with one attached hydrogen (secondary N) is 2. The summed E-state index contributed by atoms with van der Waals surface area (Å²) >= 11 is 6.02. The highest BCUT2D eigenvalue weighted by Crippen LogP contribution is 2.39. The van der Waals surface area contributed by atoms with Crippen molar-refractivity contribution < 1.29 is 28.3 Å². The molecule has 12 heteroatoms. The smallest absolute Gasteiger partial charge is 0.315 e. The van der Waals surface area contributed by atoms with Gasteiger partial charge in [0.1, 0.15) is 18.4 Å². The molecule has 2 aromatic rings. The highest BCUT2D eigenvalue weighted by atomic mass is 35.5. The first-order valence-corrected chi connectivity index (χ1v) is 17.0. The molecule has 47 heavy (non-hydrogen) atoms. The summed E-state index contributed by atoms with van der Waals surface area (Å²) < 4.78 is 11.5. The molecule has 3 heterocycles. The number of halogens is 1. The van der Waals surface area contributed by atoms with E-state index in [9.17, 15) is 19.2 Å². The Balaban J connectivity index is 1.61. The molecule has 0 aromatic carbocycles. The lowest BCUT2D eigenvalue weighted by Crippen LogP contribution is -2.60. The molecule has 0 spiro atoms. The van der Waals surface area contributed by atoms with Crippen LogP contribution in [0.3, 0.4) is 0 Å². The van der Waals surface area contributed by atoms with E-state index in [1.807, 2.05) is 55.4 Å². The van der Waals surface area contributed by atoms with E-state index in [0.717, 1.165) is 19.3 Å². The van der Waals surface area contributed by atoms with E-state index in [4.69, 9.17) is 20.8 Å². The van der Waals surface area contributed by atoms with Crippen molar-refractivity contribution in [1.82, 2.24) is 25.5 Å². The molecule has 3 amide bonds. The van der Waals surface area contributed by atoms with Crippen molar-refractivity contribution in [1.29, 1.82) is 0 Å². The Kier molecular flexibility index (Phi) is 11.4. The number of ether oxygens (including phenoxy) is 1. The zero-order valence-corrected chi connectivity index (χ0v) is 29.6. The number of nitrogens with zero attached hydrogens (tertiary/aromatic N) is 3. The van der Waals surface area contributed by atoms with E-state index >= 15 is 0 Å². The van der Waals surface area contributed by atoms with Crippen LogP contribution in [0.5, 0.6) is 5.88 Å². The Morgan fingerprint density at radius 3 is 2.32 bits per heavy atom. The summed E-state index contributed by atoms with van der Waals surface area (Å²) in [6, 6.07) is 1.06. The van der Waals surface area contributed by atoms with E-state index in [-0.39, 0.29) is 42.2 Å². The number of likely N-dealkylation sites (tertiary alicyclic amines) is 1. The minimum absolute atomic E-state index is 0.0510. The van der Waals surface area contributed by atoms with Gasteiger partial charge in [-0.05, 0) is 50.5 Å². The van der Waals surface area contributed by atoms with E-state index in [1.54, 1.807) is 12.1 Å². The number of amides is 3. The molecule has 1 saturated heterocycles. The summed E-state index contributed by atoms with van der Waals surface area (Å²) in [7, 11) is 0. The normalized spacial score (nSPS) is 21.3. The van der Waals surface area contributed by atoms with Gasteiger partial charge in [0.2, 0.25) is 17.6 Å². The summed E-state index contributed by atoms with van der Waals surface area (Å²) in [5, 5.41) is 6.20. The van der Waals surface area contributed by atoms with Gasteiger partial charge >= 0.3 is 6.03 Å². The van der Waals surface area contributed by atoms with Gasteiger partial charge in [0.05, 0.1) is 23.8 Å². The summed E-state index contributed by atoms with van der Waals surface area (Å²) in [5.41, 5.74) is -1.19. The van der Waals surface area contributed by atoms with Crippen LogP contribution < -0.4 is 15.4 Å². The third kappa shape index (κ3) is 9.33. The van der Waals surface area contributed by atoms with E-state index in [1.165, 1.54) is 23.6 Å². The van der Waals surface area contributed by atoms with Crippen LogP contribution in [0.2, 0.25) is 5.02 Å². The fraction of sp³-hybridized carbons (Fsp3) is 0.657. The Morgan fingerprint density at radius 1 is 1.09 bits per heavy atom. The molecule has 1 aliphatic heterocycles. The average Bonchev–Trinajstić information content (AvgIpc) is 3.64.